The van der Waals surface area contributed by atoms with Gasteiger partial charge in [-0.2, -0.15) is 5.10 Å². The molecule has 186 valence electrons. The maximum Gasteiger partial charge on any atom is 0.210 e. The molecule has 1 saturated heterocycles. The lowest BCUT2D eigenvalue weighted by atomic mass is 10.1. The van der Waals surface area contributed by atoms with Gasteiger partial charge in [0.25, 0.3) is 0 Å². The van der Waals surface area contributed by atoms with Gasteiger partial charge in [0.1, 0.15) is 30.0 Å². The molecule has 0 unspecified atom stereocenters. The minimum atomic E-state index is -0.169. The van der Waals surface area contributed by atoms with Crippen molar-refractivity contribution in [2.75, 3.05) is 38.2 Å². The van der Waals surface area contributed by atoms with E-state index in [4.69, 9.17) is 4.74 Å². The van der Waals surface area contributed by atoms with E-state index in [1.54, 1.807) is 43.8 Å². The van der Waals surface area contributed by atoms with Crippen LogP contribution in [0.1, 0.15) is 16.2 Å². The van der Waals surface area contributed by atoms with E-state index in [9.17, 15) is 4.79 Å². The highest BCUT2D eigenvalue weighted by Gasteiger charge is 2.27. The van der Waals surface area contributed by atoms with E-state index in [1.807, 2.05) is 29.2 Å². The van der Waals surface area contributed by atoms with Crippen LogP contribution in [0, 0.1) is 6.92 Å². The fraction of sp³-hybridized carbons (Fsp3) is 0.231. The van der Waals surface area contributed by atoms with Crippen LogP contribution in [-0.4, -0.2) is 78.7 Å². The Morgan fingerprint density at radius 3 is 2.62 bits per heavy atom. The van der Waals surface area contributed by atoms with Crippen LogP contribution < -0.4 is 9.64 Å². The average Bonchev–Trinajstić information content (AvgIpc) is 3.58. The van der Waals surface area contributed by atoms with E-state index >= 15 is 0 Å². The highest BCUT2D eigenvalue weighted by atomic mass is 16.5. The molecule has 0 aliphatic carbocycles. The fourth-order valence-corrected chi connectivity index (χ4v) is 4.79. The Hall–Kier alpha value is -4.80. The first-order valence-electron chi connectivity index (χ1n) is 11.9. The van der Waals surface area contributed by atoms with Crippen molar-refractivity contribution in [1.82, 2.24) is 39.6 Å². The molecule has 0 saturated carbocycles. The van der Waals surface area contributed by atoms with Crippen molar-refractivity contribution in [3.8, 4) is 11.6 Å². The largest absolute Gasteiger partial charge is 0.494 e. The number of H-pyrrole nitrogens is 1. The SMILES string of the molecule is C=C(C(=O)c1c[nH]c2c(-n3cnc(C)n3)ncc(OC)c12)N1CCN(c2ncnc3ccccc23)CC1. The number of aromatic nitrogens is 7. The average molecular weight is 496 g/mol. The number of allylic oxidation sites excluding steroid dienone is 1. The second-order valence-corrected chi connectivity index (χ2v) is 8.80. The first-order valence-corrected chi connectivity index (χ1v) is 11.9. The zero-order valence-corrected chi connectivity index (χ0v) is 20.5. The summed E-state index contributed by atoms with van der Waals surface area (Å²) in [5.41, 5.74) is 2.46. The van der Waals surface area contributed by atoms with Crippen LogP contribution in [0.2, 0.25) is 0 Å². The number of nitrogens with zero attached hydrogens (tertiary/aromatic N) is 8. The first-order chi connectivity index (χ1) is 18.0. The Bertz CT molecular complexity index is 1640. The standard InChI is InChI=1S/C26H25N9O2/c1-16(33-8-10-34(11-9-33)25-18-6-4-5-7-20(18)29-14-30-25)24(36)19-12-27-23-22(19)21(37-3)13-28-26(23)35-15-31-17(2)32-35/h4-7,12-15,27H,1,8-11H2,2-3H3. The van der Waals surface area contributed by atoms with Crippen molar-refractivity contribution in [1.29, 1.82) is 0 Å². The molecule has 1 aromatic carbocycles. The number of carbonyl (C=O) groups excluding carboxylic acids is 1. The van der Waals surface area contributed by atoms with Gasteiger partial charge in [-0.3, -0.25) is 4.79 Å². The summed E-state index contributed by atoms with van der Waals surface area (Å²) in [6, 6.07) is 7.98. The number of ether oxygens (including phenoxy) is 1. The Kier molecular flexibility index (Phi) is 5.52. The molecule has 6 rings (SSSR count). The van der Waals surface area contributed by atoms with Gasteiger partial charge in [-0.15, -0.1) is 0 Å². The van der Waals surface area contributed by atoms with Crippen LogP contribution in [0.5, 0.6) is 5.75 Å². The maximum atomic E-state index is 13.7. The summed E-state index contributed by atoms with van der Waals surface area (Å²) < 4.78 is 7.13. The van der Waals surface area contributed by atoms with E-state index in [1.165, 1.54) is 0 Å². The molecular weight excluding hydrogens is 470 g/mol. The minimum absolute atomic E-state index is 0.169. The van der Waals surface area contributed by atoms with Gasteiger partial charge in [-0.1, -0.05) is 18.7 Å². The maximum absolute atomic E-state index is 13.7. The number of aromatic amines is 1. The molecule has 1 N–H and O–H groups in total. The number of fused-ring (bicyclic) bond motifs is 2. The molecule has 11 nitrogen and oxygen atoms in total. The van der Waals surface area contributed by atoms with Crippen molar-refractivity contribution in [3.05, 3.63) is 73.0 Å². The van der Waals surface area contributed by atoms with Gasteiger partial charge in [-0.25, -0.2) is 24.6 Å². The Morgan fingerprint density at radius 1 is 1.05 bits per heavy atom. The predicted molar refractivity (Wildman–Crippen MR) is 139 cm³/mol. The summed E-state index contributed by atoms with van der Waals surface area (Å²) in [6.07, 6.45) is 6.46. The van der Waals surface area contributed by atoms with Crippen molar-refractivity contribution in [2.45, 2.75) is 6.92 Å². The quantitative estimate of drug-likeness (QED) is 0.280. The molecule has 0 spiro atoms. The Morgan fingerprint density at radius 2 is 1.86 bits per heavy atom. The highest BCUT2D eigenvalue weighted by molar-refractivity contribution is 6.17. The van der Waals surface area contributed by atoms with E-state index in [-0.39, 0.29) is 5.78 Å². The summed E-state index contributed by atoms with van der Waals surface area (Å²) in [6.45, 7) is 8.68. The molecule has 0 amide bonds. The van der Waals surface area contributed by atoms with Gasteiger partial charge in [0.05, 0.1) is 41.0 Å². The number of Topliss-reactive ketones (excluding diaryl/α,β-unsaturated/α-hetero) is 1. The molecule has 1 aliphatic heterocycles. The molecule has 0 radical (unpaired) electrons. The molecule has 4 aromatic heterocycles. The zero-order valence-electron chi connectivity index (χ0n) is 20.5. The van der Waals surface area contributed by atoms with Gasteiger partial charge >= 0.3 is 0 Å². The second kappa shape index (κ2) is 9.01. The smallest absolute Gasteiger partial charge is 0.210 e. The van der Waals surface area contributed by atoms with E-state index in [0.717, 1.165) is 16.7 Å². The van der Waals surface area contributed by atoms with Crippen LogP contribution >= 0.6 is 0 Å². The molecule has 5 heterocycles. The van der Waals surface area contributed by atoms with Crippen LogP contribution in [0.3, 0.4) is 0 Å². The van der Waals surface area contributed by atoms with Gasteiger partial charge < -0.3 is 19.5 Å². The van der Waals surface area contributed by atoms with E-state index < -0.39 is 0 Å². The summed E-state index contributed by atoms with van der Waals surface area (Å²) in [4.78, 5) is 38.7. The van der Waals surface area contributed by atoms with Crippen LogP contribution in [-0.2, 0) is 0 Å². The third-order valence-corrected chi connectivity index (χ3v) is 6.69. The highest BCUT2D eigenvalue weighted by Crippen LogP contribution is 2.33. The number of rotatable bonds is 6. The first kappa shape index (κ1) is 22.7. The summed E-state index contributed by atoms with van der Waals surface area (Å²) in [5, 5.41) is 6.01. The van der Waals surface area contributed by atoms with Gasteiger partial charge in [0.15, 0.2) is 5.82 Å². The van der Waals surface area contributed by atoms with E-state index in [2.05, 4.69) is 41.5 Å². The number of aryl methyl sites for hydroxylation is 1. The second-order valence-electron chi connectivity index (χ2n) is 8.80. The summed E-state index contributed by atoms with van der Waals surface area (Å²) in [5.74, 6) is 2.39. The number of methoxy groups -OCH3 is 1. The summed E-state index contributed by atoms with van der Waals surface area (Å²) >= 11 is 0. The molecule has 1 aliphatic rings. The monoisotopic (exact) mass is 495 g/mol. The van der Waals surface area contributed by atoms with Crippen LogP contribution in [0.25, 0.3) is 27.6 Å². The third-order valence-electron chi connectivity index (χ3n) is 6.69. The molecule has 11 heteroatoms. The number of pyridine rings is 1. The molecule has 1 fully saturated rings. The lowest BCUT2D eigenvalue weighted by Gasteiger charge is -2.37. The molecular formula is C26H25N9O2. The topological polar surface area (TPSA) is 118 Å². The number of carbonyl (C=O) groups is 1. The predicted octanol–water partition coefficient (Wildman–Crippen LogP) is 2.92. The fourth-order valence-electron chi connectivity index (χ4n) is 4.79. The summed E-state index contributed by atoms with van der Waals surface area (Å²) in [7, 11) is 1.56. The number of nitrogens with one attached hydrogen (secondary N) is 1. The zero-order chi connectivity index (χ0) is 25.5. The molecule has 5 aromatic rings. The number of benzene rings is 1. The number of hydrogen-bond donors (Lipinski definition) is 1. The minimum Gasteiger partial charge on any atom is -0.494 e. The van der Waals surface area contributed by atoms with Crippen LogP contribution in [0.15, 0.2) is 61.6 Å². The number of anilines is 1. The van der Waals surface area contributed by atoms with Gasteiger partial charge in [0.2, 0.25) is 5.78 Å². The molecule has 0 atom stereocenters. The van der Waals surface area contributed by atoms with E-state index in [0.29, 0.717) is 65.7 Å². The molecule has 37 heavy (non-hydrogen) atoms. The van der Waals surface area contributed by atoms with Crippen LogP contribution in [0.4, 0.5) is 5.82 Å². The van der Waals surface area contributed by atoms with Crippen molar-refractivity contribution >= 4 is 33.4 Å². The number of para-hydroxylation sites is 1. The van der Waals surface area contributed by atoms with Crippen molar-refractivity contribution in [2.24, 2.45) is 0 Å². The van der Waals surface area contributed by atoms with Gasteiger partial charge in [0, 0.05) is 37.8 Å². The third kappa shape index (κ3) is 3.84. The lowest BCUT2D eigenvalue weighted by molar-refractivity contribution is 0.0990. The lowest BCUT2D eigenvalue weighted by Crippen LogP contribution is -2.47. The normalized spacial score (nSPS) is 13.9. The van der Waals surface area contributed by atoms with Gasteiger partial charge in [-0.05, 0) is 19.1 Å². The van der Waals surface area contributed by atoms with Crippen molar-refractivity contribution in [3.63, 3.8) is 0 Å². The Balaban J connectivity index is 1.25. The molecule has 0 bridgehead atoms. The number of hydrogen-bond acceptors (Lipinski definition) is 9. The Labute approximate surface area is 212 Å². The van der Waals surface area contributed by atoms with Crippen molar-refractivity contribution < 1.29 is 9.53 Å². The number of piperazine rings is 1. The number of ketones is 1.